The lowest BCUT2D eigenvalue weighted by atomic mass is 10.0. The summed E-state index contributed by atoms with van der Waals surface area (Å²) < 4.78 is 29.1. The predicted octanol–water partition coefficient (Wildman–Crippen LogP) is 2.70. The van der Waals surface area contributed by atoms with Crippen LogP contribution in [0.1, 0.15) is 12.8 Å². The van der Waals surface area contributed by atoms with Gasteiger partial charge in [-0.25, -0.2) is 13.2 Å². The van der Waals surface area contributed by atoms with Crippen LogP contribution in [-0.4, -0.2) is 62.4 Å². The van der Waals surface area contributed by atoms with Crippen molar-refractivity contribution in [2.24, 2.45) is 0 Å². The molecule has 0 atom stereocenters. The van der Waals surface area contributed by atoms with Crippen molar-refractivity contribution < 1.29 is 27.9 Å². The quantitative estimate of drug-likeness (QED) is 0.743. The number of carboxylic acid groups (broad SMARTS) is 1. The number of carbonyl (C=O) groups excluding carboxylic acids is 1. The van der Waals surface area contributed by atoms with Crippen LogP contribution in [0.2, 0.25) is 0 Å². The van der Waals surface area contributed by atoms with Gasteiger partial charge in [0.15, 0.2) is 22.2 Å². The number of likely N-dealkylation sites (tertiary alicyclic amines) is 1. The molecule has 2 N–H and O–H groups in total. The number of anilines is 3. The fourth-order valence-electron chi connectivity index (χ4n) is 3.96. The van der Waals surface area contributed by atoms with Gasteiger partial charge in [-0.15, -0.1) is 0 Å². The Balaban J connectivity index is 1.58. The van der Waals surface area contributed by atoms with Gasteiger partial charge in [0.1, 0.15) is 0 Å². The van der Waals surface area contributed by atoms with Crippen molar-refractivity contribution in [3.05, 3.63) is 42.5 Å². The molecule has 31 heavy (non-hydrogen) atoms. The van der Waals surface area contributed by atoms with Crippen molar-refractivity contribution in [3.63, 3.8) is 0 Å². The standard InChI is InChI=1S/C21H23N3O6S/c1-31(28,29)16-7-5-14(6-8-16)22-17-3-2-4-18-20(17)30-13-19(25)24(18)15-9-11-23(12-10-15)21(26)27/h2-8,15,22H,9-13H2,1H3,(H,26,27). The number of hydrogen-bond acceptors (Lipinski definition) is 6. The van der Waals surface area contributed by atoms with Gasteiger partial charge in [0.25, 0.3) is 5.91 Å². The summed E-state index contributed by atoms with van der Waals surface area (Å²) in [7, 11) is -3.28. The highest BCUT2D eigenvalue weighted by molar-refractivity contribution is 7.90. The molecule has 0 bridgehead atoms. The van der Waals surface area contributed by atoms with E-state index in [9.17, 15) is 18.0 Å². The van der Waals surface area contributed by atoms with Gasteiger partial charge in [-0.1, -0.05) is 6.07 Å². The summed E-state index contributed by atoms with van der Waals surface area (Å²) >= 11 is 0. The Morgan fingerprint density at radius 3 is 2.42 bits per heavy atom. The van der Waals surface area contributed by atoms with E-state index in [0.717, 1.165) is 6.26 Å². The zero-order valence-electron chi connectivity index (χ0n) is 16.9. The Hall–Kier alpha value is -3.27. The SMILES string of the molecule is CS(=O)(=O)c1ccc(Nc2cccc3c2OCC(=O)N3C2CCN(C(=O)O)CC2)cc1. The van der Waals surface area contributed by atoms with Gasteiger partial charge < -0.3 is 25.0 Å². The van der Waals surface area contributed by atoms with Crippen LogP contribution in [0.25, 0.3) is 0 Å². The van der Waals surface area contributed by atoms with Gasteiger partial charge in [0.2, 0.25) is 0 Å². The van der Waals surface area contributed by atoms with Crippen LogP contribution in [0, 0.1) is 0 Å². The van der Waals surface area contributed by atoms with Crippen molar-refractivity contribution >= 4 is 38.9 Å². The minimum Gasteiger partial charge on any atom is -0.479 e. The smallest absolute Gasteiger partial charge is 0.407 e. The van der Waals surface area contributed by atoms with E-state index in [-0.39, 0.29) is 23.5 Å². The maximum atomic E-state index is 12.7. The maximum absolute atomic E-state index is 12.7. The van der Waals surface area contributed by atoms with Crippen LogP contribution in [0.5, 0.6) is 5.75 Å². The summed E-state index contributed by atoms with van der Waals surface area (Å²) in [5.74, 6) is 0.380. The molecule has 0 saturated carbocycles. The molecule has 2 aromatic carbocycles. The van der Waals surface area contributed by atoms with Crippen LogP contribution in [-0.2, 0) is 14.6 Å². The first kappa shape index (κ1) is 21.0. The lowest BCUT2D eigenvalue weighted by molar-refractivity contribution is -0.122. The lowest BCUT2D eigenvalue weighted by Crippen LogP contribution is -2.51. The van der Waals surface area contributed by atoms with Gasteiger partial charge in [-0.05, 0) is 49.2 Å². The van der Waals surface area contributed by atoms with E-state index in [4.69, 9.17) is 9.84 Å². The van der Waals surface area contributed by atoms with Crippen LogP contribution in [0.15, 0.2) is 47.4 Å². The highest BCUT2D eigenvalue weighted by Crippen LogP contribution is 2.42. The number of sulfone groups is 1. The molecule has 2 aromatic rings. The molecule has 2 amide bonds. The molecule has 0 spiro atoms. The van der Waals surface area contributed by atoms with Gasteiger partial charge in [0, 0.05) is 31.1 Å². The molecule has 2 heterocycles. The number of piperidine rings is 1. The molecule has 0 radical (unpaired) electrons. The summed E-state index contributed by atoms with van der Waals surface area (Å²) in [4.78, 5) is 27.2. The molecular weight excluding hydrogens is 422 g/mol. The largest absolute Gasteiger partial charge is 0.479 e. The second kappa shape index (κ2) is 8.10. The first-order valence-electron chi connectivity index (χ1n) is 9.87. The molecule has 164 valence electrons. The van der Waals surface area contributed by atoms with Crippen LogP contribution < -0.4 is 15.0 Å². The highest BCUT2D eigenvalue weighted by Gasteiger charge is 2.35. The Bertz CT molecular complexity index is 1110. The second-order valence-corrected chi connectivity index (χ2v) is 9.64. The third-order valence-electron chi connectivity index (χ3n) is 5.52. The monoisotopic (exact) mass is 445 g/mol. The number of hydrogen-bond donors (Lipinski definition) is 2. The number of ether oxygens (including phenoxy) is 1. The van der Waals surface area contributed by atoms with E-state index in [1.54, 1.807) is 17.0 Å². The normalized spacial score (nSPS) is 17.1. The van der Waals surface area contributed by atoms with Gasteiger partial charge in [0.05, 0.1) is 16.3 Å². The Morgan fingerprint density at radius 2 is 1.81 bits per heavy atom. The van der Waals surface area contributed by atoms with Crippen molar-refractivity contribution in [2.45, 2.75) is 23.8 Å². The van der Waals surface area contributed by atoms with Gasteiger partial charge >= 0.3 is 6.09 Å². The highest BCUT2D eigenvalue weighted by atomic mass is 32.2. The molecule has 0 aromatic heterocycles. The fourth-order valence-corrected chi connectivity index (χ4v) is 4.59. The van der Waals surface area contributed by atoms with Crippen molar-refractivity contribution in [1.82, 2.24) is 4.90 Å². The molecule has 2 aliphatic rings. The van der Waals surface area contributed by atoms with Crippen LogP contribution in [0.3, 0.4) is 0 Å². The molecule has 10 heteroatoms. The number of carbonyl (C=O) groups is 2. The van der Waals surface area contributed by atoms with E-state index < -0.39 is 15.9 Å². The van der Waals surface area contributed by atoms with Crippen molar-refractivity contribution in [3.8, 4) is 5.75 Å². The third-order valence-corrected chi connectivity index (χ3v) is 6.65. The summed E-state index contributed by atoms with van der Waals surface area (Å²) in [5.41, 5.74) is 1.98. The van der Waals surface area contributed by atoms with Crippen LogP contribution in [0.4, 0.5) is 21.9 Å². The van der Waals surface area contributed by atoms with E-state index in [1.165, 1.54) is 17.0 Å². The summed E-state index contributed by atoms with van der Waals surface area (Å²) in [5, 5.41) is 12.4. The second-order valence-electron chi connectivity index (χ2n) is 7.63. The molecular formula is C21H23N3O6S. The number of rotatable bonds is 4. The summed E-state index contributed by atoms with van der Waals surface area (Å²) in [6.45, 7) is 0.660. The van der Waals surface area contributed by atoms with Crippen LogP contribution >= 0.6 is 0 Å². The maximum Gasteiger partial charge on any atom is 0.407 e. The van der Waals surface area contributed by atoms with Gasteiger partial charge in [-0.3, -0.25) is 4.79 Å². The van der Waals surface area contributed by atoms with E-state index in [1.807, 2.05) is 18.2 Å². The first-order valence-corrected chi connectivity index (χ1v) is 11.8. The molecule has 9 nitrogen and oxygen atoms in total. The average Bonchev–Trinajstić information content (AvgIpc) is 2.73. The van der Waals surface area contributed by atoms with E-state index in [0.29, 0.717) is 48.7 Å². The van der Waals surface area contributed by atoms with E-state index in [2.05, 4.69) is 5.32 Å². The van der Waals surface area contributed by atoms with E-state index >= 15 is 0 Å². The molecule has 2 aliphatic heterocycles. The number of nitrogens with one attached hydrogen (secondary N) is 1. The Kier molecular flexibility index (Phi) is 5.48. The third kappa shape index (κ3) is 4.29. The first-order chi connectivity index (χ1) is 14.7. The zero-order chi connectivity index (χ0) is 22.2. The Labute approximate surface area is 180 Å². The fraction of sp³-hybridized carbons (Fsp3) is 0.333. The molecule has 1 fully saturated rings. The zero-order valence-corrected chi connectivity index (χ0v) is 17.8. The Morgan fingerprint density at radius 1 is 1.13 bits per heavy atom. The topological polar surface area (TPSA) is 116 Å². The molecule has 4 rings (SSSR count). The minimum absolute atomic E-state index is 0.0994. The van der Waals surface area contributed by atoms with Crippen molar-refractivity contribution in [1.29, 1.82) is 0 Å². The lowest BCUT2D eigenvalue weighted by Gasteiger charge is -2.40. The number of amides is 2. The molecule has 0 aliphatic carbocycles. The number of para-hydroxylation sites is 1. The molecule has 0 unspecified atom stereocenters. The number of benzene rings is 2. The van der Waals surface area contributed by atoms with Crippen molar-refractivity contribution in [2.75, 3.05) is 36.2 Å². The minimum atomic E-state index is -3.28. The molecule has 1 saturated heterocycles. The van der Waals surface area contributed by atoms with Gasteiger partial charge in [-0.2, -0.15) is 0 Å². The summed E-state index contributed by atoms with van der Waals surface area (Å²) in [6.07, 6.45) is 1.33. The average molecular weight is 445 g/mol. The number of nitrogens with zero attached hydrogens (tertiary/aromatic N) is 2. The summed E-state index contributed by atoms with van der Waals surface area (Å²) in [6, 6.07) is 11.7. The predicted molar refractivity (Wildman–Crippen MR) is 115 cm³/mol. The number of fused-ring (bicyclic) bond motifs is 1.